The topological polar surface area (TPSA) is 52.3 Å². The summed E-state index contributed by atoms with van der Waals surface area (Å²) in [5.74, 6) is 2.04. The third-order valence-electron chi connectivity index (χ3n) is 5.98. The molecule has 0 bridgehead atoms. The molecule has 5 nitrogen and oxygen atoms in total. The van der Waals surface area contributed by atoms with Gasteiger partial charge in [-0.15, -0.1) is 16.4 Å². The predicted molar refractivity (Wildman–Crippen MR) is 126 cm³/mol. The van der Waals surface area contributed by atoms with Crippen molar-refractivity contribution < 1.29 is 4.74 Å². The smallest absolute Gasteiger partial charge is 0.228 e. The molecule has 152 valence electrons. The molecule has 32 heavy (non-hydrogen) atoms. The number of nitrogens with zero attached hydrogens (tertiary/aromatic N) is 4. The van der Waals surface area contributed by atoms with E-state index in [2.05, 4.69) is 59.6 Å². The number of hydrogen-bond acceptors (Lipinski definition) is 5. The van der Waals surface area contributed by atoms with Crippen molar-refractivity contribution in [3.05, 3.63) is 107 Å². The van der Waals surface area contributed by atoms with E-state index in [0.717, 1.165) is 27.4 Å². The Morgan fingerprint density at radius 2 is 1.72 bits per heavy atom. The fraction of sp³-hybridized carbons (Fsp3) is 0.0385. The molecule has 1 aliphatic rings. The van der Waals surface area contributed by atoms with Crippen molar-refractivity contribution in [3.8, 4) is 22.3 Å². The molecule has 3 aromatic heterocycles. The fourth-order valence-electron chi connectivity index (χ4n) is 4.59. The maximum absolute atomic E-state index is 6.36. The predicted octanol–water partition coefficient (Wildman–Crippen LogP) is 6.29. The number of benzene rings is 3. The monoisotopic (exact) mass is 432 g/mol. The van der Waals surface area contributed by atoms with Crippen LogP contribution in [0.15, 0.2) is 90.6 Å². The molecular weight excluding hydrogens is 416 g/mol. The van der Waals surface area contributed by atoms with Gasteiger partial charge in [0, 0.05) is 11.5 Å². The highest BCUT2D eigenvalue weighted by atomic mass is 32.1. The molecule has 1 aliphatic heterocycles. The largest absolute Gasteiger partial charge is 0.438 e. The van der Waals surface area contributed by atoms with E-state index in [1.807, 2.05) is 29.6 Å². The van der Waals surface area contributed by atoms with Crippen LogP contribution < -0.4 is 4.74 Å². The lowest BCUT2D eigenvalue weighted by atomic mass is 9.81. The molecule has 6 aromatic rings. The number of fused-ring (bicyclic) bond motifs is 6. The molecule has 3 aromatic carbocycles. The van der Waals surface area contributed by atoms with Gasteiger partial charge in [-0.05, 0) is 33.8 Å². The van der Waals surface area contributed by atoms with E-state index in [4.69, 9.17) is 14.8 Å². The lowest BCUT2D eigenvalue weighted by Gasteiger charge is -2.29. The quantitative estimate of drug-likeness (QED) is 0.322. The van der Waals surface area contributed by atoms with E-state index in [9.17, 15) is 0 Å². The van der Waals surface area contributed by atoms with Gasteiger partial charge in [0.2, 0.25) is 5.88 Å². The van der Waals surface area contributed by atoms with Crippen LogP contribution >= 0.6 is 11.3 Å². The van der Waals surface area contributed by atoms with E-state index in [-0.39, 0.29) is 5.92 Å². The number of aromatic nitrogens is 4. The lowest BCUT2D eigenvalue weighted by Crippen LogP contribution is -2.15. The number of hydrogen-bond donors (Lipinski definition) is 0. The summed E-state index contributed by atoms with van der Waals surface area (Å²) in [6, 6.07) is 27.1. The summed E-state index contributed by atoms with van der Waals surface area (Å²) in [5, 5.41) is 9.09. The van der Waals surface area contributed by atoms with Crippen LogP contribution in [0, 0.1) is 0 Å². The van der Waals surface area contributed by atoms with Gasteiger partial charge in [0.1, 0.15) is 12.1 Å². The first kappa shape index (κ1) is 17.6. The molecule has 0 saturated carbocycles. The molecule has 0 radical (unpaired) electrons. The average molecular weight is 433 g/mol. The molecule has 7 rings (SSSR count). The molecule has 0 spiro atoms. The molecule has 0 amide bonds. The van der Waals surface area contributed by atoms with Crippen LogP contribution in [0.1, 0.15) is 22.6 Å². The second kappa shape index (κ2) is 6.73. The van der Waals surface area contributed by atoms with Gasteiger partial charge in [0.25, 0.3) is 0 Å². The standard InChI is InChI=1S/C26H16N4OS/c1-2-8-17(9-3-1)21-22-18-10-5-4-7-16(18)12-13-19(22)31-26-23(21)25-28-24(20-11-6-14-32-20)29-30(25)15-27-26/h1-15,21H. The highest BCUT2D eigenvalue weighted by Crippen LogP contribution is 2.50. The van der Waals surface area contributed by atoms with Gasteiger partial charge in [-0.25, -0.2) is 14.5 Å². The van der Waals surface area contributed by atoms with Crippen molar-refractivity contribution >= 4 is 27.8 Å². The Morgan fingerprint density at radius 3 is 2.59 bits per heavy atom. The van der Waals surface area contributed by atoms with Gasteiger partial charge in [0.05, 0.1) is 10.4 Å². The normalized spacial score (nSPS) is 14.8. The Morgan fingerprint density at radius 1 is 0.844 bits per heavy atom. The second-order valence-corrected chi connectivity index (χ2v) is 8.74. The van der Waals surface area contributed by atoms with Crippen LogP contribution in [-0.2, 0) is 0 Å². The van der Waals surface area contributed by atoms with Gasteiger partial charge < -0.3 is 4.74 Å². The van der Waals surface area contributed by atoms with E-state index in [0.29, 0.717) is 11.7 Å². The molecule has 0 N–H and O–H groups in total. The van der Waals surface area contributed by atoms with E-state index in [1.54, 1.807) is 22.2 Å². The van der Waals surface area contributed by atoms with Crippen molar-refractivity contribution in [1.82, 2.24) is 19.6 Å². The Balaban J connectivity index is 1.57. The zero-order valence-electron chi connectivity index (χ0n) is 16.8. The number of rotatable bonds is 2. The third-order valence-corrected chi connectivity index (χ3v) is 6.84. The summed E-state index contributed by atoms with van der Waals surface area (Å²) in [6.07, 6.45) is 1.69. The highest BCUT2D eigenvalue weighted by Gasteiger charge is 2.34. The molecule has 0 fully saturated rings. The van der Waals surface area contributed by atoms with E-state index >= 15 is 0 Å². The van der Waals surface area contributed by atoms with Gasteiger partial charge in [0.15, 0.2) is 11.5 Å². The van der Waals surface area contributed by atoms with Crippen LogP contribution in [0.25, 0.3) is 27.1 Å². The van der Waals surface area contributed by atoms with Crippen LogP contribution in [0.4, 0.5) is 0 Å². The van der Waals surface area contributed by atoms with Gasteiger partial charge in [-0.1, -0.05) is 66.7 Å². The van der Waals surface area contributed by atoms with Crippen molar-refractivity contribution in [1.29, 1.82) is 0 Å². The van der Waals surface area contributed by atoms with Crippen molar-refractivity contribution in [3.63, 3.8) is 0 Å². The van der Waals surface area contributed by atoms with Gasteiger partial charge in [-0.3, -0.25) is 0 Å². The van der Waals surface area contributed by atoms with Crippen LogP contribution in [0.3, 0.4) is 0 Å². The number of ether oxygens (including phenoxy) is 1. The Bertz CT molecular complexity index is 1610. The van der Waals surface area contributed by atoms with E-state index in [1.165, 1.54) is 16.3 Å². The molecule has 6 heteroatoms. The summed E-state index contributed by atoms with van der Waals surface area (Å²) >= 11 is 1.63. The first-order valence-corrected chi connectivity index (χ1v) is 11.3. The van der Waals surface area contributed by atoms with Crippen molar-refractivity contribution in [2.45, 2.75) is 5.92 Å². The molecule has 0 saturated heterocycles. The SMILES string of the molecule is c1ccc(C2c3c(ccc4ccccc34)Oc3ncn4nc(-c5cccs5)nc4c32)cc1. The Kier molecular flexibility index (Phi) is 3.71. The maximum atomic E-state index is 6.36. The minimum absolute atomic E-state index is 0.0716. The lowest BCUT2D eigenvalue weighted by molar-refractivity contribution is 0.433. The first-order chi connectivity index (χ1) is 15.9. The zero-order chi connectivity index (χ0) is 21.1. The van der Waals surface area contributed by atoms with Crippen molar-refractivity contribution in [2.24, 2.45) is 0 Å². The van der Waals surface area contributed by atoms with E-state index < -0.39 is 0 Å². The molecular formula is C26H16N4OS. The number of thiophene rings is 1. The minimum Gasteiger partial charge on any atom is -0.438 e. The Hall–Kier alpha value is -4.03. The van der Waals surface area contributed by atoms with Crippen LogP contribution in [0.2, 0.25) is 0 Å². The van der Waals surface area contributed by atoms with Gasteiger partial charge in [-0.2, -0.15) is 0 Å². The average Bonchev–Trinajstić information content (AvgIpc) is 3.53. The minimum atomic E-state index is -0.0716. The van der Waals surface area contributed by atoms with Crippen molar-refractivity contribution in [2.75, 3.05) is 0 Å². The summed E-state index contributed by atoms with van der Waals surface area (Å²) < 4.78 is 8.12. The Labute approximate surface area is 187 Å². The molecule has 0 aliphatic carbocycles. The third kappa shape index (κ3) is 2.53. The van der Waals surface area contributed by atoms with Gasteiger partial charge >= 0.3 is 0 Å². The zero-order valence-corrected chi connectivity index (χ0v) is 17.7. The highest BCUT2D eigenvalue weighted by molar-refractivity contribution is 7.13. The maximum Gasteiger partial charge on any atom is 0.228 e. The molecule has 1 atom stereocenters. The summed E-state index contributed by atoms with van der Waals surface area (Å²) in [5.41, 5.74) is 4.02. The van der Waals surface area contributed by atoms with Crippen LogP contribution in [-0.4, -0.2) is 19.6 Å². The molecule has 4 heterocycles. The first-order valence-electron chi connectivity index (χ1n) is 10.4. The summed E-state index contributed by atoms with van der Waals surface area (Å²) in [4.78, 5) is 10.6. The molecule has 1 unspecified atom stereocenters. The second-order valence-electron chi connectivity index (χ2n) is 7.79. The summed E-state index contributed by atoms with van der Waals surface area (Å²) in [6.45, 7) is 0. The fourth-order valence-corrected chi connectivity index (χ4v) is 5.25. The van der Waals surface area contributed by atoms with Crippen LogP contribution in [0.5, 0.6) is 11.6 Å². The summed E-state index contributed by atoms with van der Waals surface area (Å²) in [7, 11) is 0.